The number of esters is 1. The summed E-state index contributed by atoms with van der Waals surface area (Å²) in [6.07, 6.45) is 0.910. The Balaban J connectivity index is 1.97. The molecule has 1 aromatic carbocycles. The molecular weight excluding hydrogens is 354 g/mol. The molecule has 0 amide bonds. The van der Waals surface area contributed by atoms with E-state index in [0.29, 0.717) is 23.6 Å². The summed E-state index contributed by atoms with van der Waals surface area (Å²) in [5.74, 6) is -0.777. The Morgan fingerprint density at radius 3 is 2.46 bits per heavy atom. The zero-order chi connectivity index (χ0) is 20.1. The number of carbonyl (C=O) groups excluding carboxylic acids is 1. The summed E-state index contributed by atoms with van der Waals surface area (Å²) in [5.41, 5.74) is 1.81. The van der Waals surface area contributed by atoms with Crippen molar-refractivity contribution in [3.8, 4) is 6.07 Å². The van der Waals surface area contributed by atoms with Gasteiger partial charge in [-0.1, -0.05) is 32.4 Å². The second kappa shape index (κ2) is 8.98. The number of piperazine rings is 1. The van der Waals surface area contributed by atoms with Crippen LogP contribution in [0, 0.1) is 17.2 Å². The number of fused-ring (bicyclic) bond motifs is 1. The number of benzene rings is 1. The molecule has 2 aromatic rings. The summed E-state index contributed by atoms with van der Waals surface area (Å²) in [5, 5.41) is 9.76. The summed E-state index contributed by atoms with van der Waals surface area (Å²) in [7, 11) is 2.08. The van der Waals surface area contributed by atoms with Gasteiger partial charge in [0.15, 0.2) is 11.7 Å². The van der Waals surface area contributed by atoms with Crippen LogP contribution >= 0.6 is 0 Å². The molecule has 1 aliphatic heterocycles. The van der Waals surface area contributed by atoms with Crippen LogP contribution in [0.1, 0.15) is 31.9 Å². The number of nitriles is 1. The highest BCUT2D eigenvalue weighted by atomic mass is 16.5. The van der Waals surface area contributed by atoms with E-state index in [1.54, 1.807) is 0 Å². The highest BCUT2D eigenvalue weighted by Gasteiger charge is 2.31. The second-order valence-corrected chi connectivity index (χ2v) is 7.42. The lowest BCUT2D eigenvalue weighted by atomic mass is 10.1. The molecule has 0 N–H and O–H groups in total. The van der Waals surface area contributed by atoms with E-state index in [9.17, 15) is 10.1 Å². The van der Waals surface area contributed by atoms with Gasteiger partial charge in [0.1, 0.15) is 5.69 Å². The molecule has 1 fully saturated rings. The molecule has 7 nitrogen and oxygen atoms in total. The summed E-state index contributed by atoms with van der Waals surface area (Å²) < 4.78 is 5.42. The van der Waals surface area contributed by atoms with Gasteiger partial charge in [0.2, 0.25) is 0 Å². The van der Waals surface area contributed by atoms with Crippen molar-refractivity contribution in [2.45, 2.75) is 26.2 Å². The van der Waals surface area contributed by atoms with Crippen molar-refractivity contribution in [3.63, 3.8) is 0 Å². The summed E-state index contributed by atoms with van der Waals surface area (Å²) in [6, 6.07) is 9.62. The molecule has 7 heteroatoms. The van der Waals surface area contributed by atoms with Crippen molar-refractivity contribution in [1.29, 1.82) is 5.26 Å². The smallest absolute Gasteiger partial charge is 0.329 e. The van der Waals surface area contributed by atoms with Crippen LogP contribution in [-0.4, -0.2) is 60.7 Å². The first-order valence-electron chi connectivity index (χ1n) is 9.80. The van der Waals surface area contributed by atoms with Gasteiger partial charge < -0.3 is 14.5 Å². The Kier molecular flexibility index (Phi) is 6.42. The Hall–Kier alpha value is -2.72. The molecule has 1 saturated heterocycles. The van der Waals surface area contributed by atoms with E-state index in [0.717, 1.165) is 38.1 Å². The van der Waals surface area contributed by atoms with Crippen LogP contribution < -0.4 is 4.90 Å². The van der Waals surface area contributed by atoms with Crippen molar-refractivity contribution >= 4 is 22.8 Å². The Morgan fingerprint density at radius 1 is 1.21 bits per heavy atom. The predicted molar refractivity (Wildman–Crippen MR) is 108 cm³/mol. The SMILES string of the molecule is CC[C@@H](C)COC(=O)[C@@H](C#N)c1nc2ccccc2nc1N1CCN(C)CC1. The van der Waals surface area contributed by atoms with Crippen LogP contribution in [0.15, 0.2) is 24.3 Å². The van der Waals surface area contributed by atoms with Crippen molar-refractivity contribution < 1.29 is 9.53 Å². The van der Waals surface area contributed by atoms with Crippen LogP contribution in [0.4, 0.5) is 5.82 Å². The fourth-order valence-electron chi connectivity index (χ4n) is 3.10. The normalized spacial score (nSPS) is 17.1. The van der Waals surface area contributed by atoms with Gasteiger partial charge in [-0.2, -0.15) is 5.26 Å². The Bertz CT molecular complexity index is 871. The van der Waals surface area contributed by atoms with Crippen LogP contribution in [0.2, 0.25) is 0 Å². The van der Waals surface area contributed by atoms with Crippen LogP contribution in [0.25, 0.3) is 11.0 Å². The van der Waals surface area contributed by atoms with E-state index in [-0.39, 0.29) is 5.92 Å². The van der Waals surface area contributed by atoms with Crippen LogP contribution in [-0.2, 0) is 9.53 Å². The van der Waals surface area contributed by atoms with Gasteiger partial charge in [-0.25, -0.2) is 9.97 Å². The van der Waals surface area contributed by atoms with Gasteiger partial charge in [0, 0.05) is 26.2 Å². The van der Waals surface area contributed by atoms with Crippen molar-refractivity contribution in [2.24, 2.45) is 5.92 Å². The third-order valence-corrected chi connectivity index (χ3v) is 5.23. The number of aromatic nitrogens is 2. The quantitative estimate of drug-likeness (QED) is 0.711. The van der Waals surface area contributed by atoms with E-state index < -0.39 is 11.9 Å². The standard InChI is InChI=1S/C21H27N5O2/c1-4-15(2)14-28-21(27)16(13-22)19-20(26-11-9-25(3)10-12-26)24-18-8-6-5-7-17(18)23-19/h5-8,15-16H,4,9-12,14H2,1-3H3/t15-,16+/m1/s1. The van der Waals surface area contributed by atoms with Gasteiger partial charge >= 0.3 is 5.97 Å². The molecule has 0 radical (unpaired) electrons. The predicted octanol–water partition coefficient (Wildman–Crippen LogP) is 2.58. The van der Waals surface area contributed by atoms with Crippen molar-refractivity contribution in [3.05, 3.63) is 30.0 Å². The number of rotatable bonds is 6. The van der Waals surface area contributed by atoms with E-state index in [2.05, 4.69) is 27.9 Å². The Labute approximate surface area is 165 Å². The molecule has 3 rings (SSSR count). The zero-order valence-electron chi connectivity index (χ0n) is 16.8. The molecule has 0 unspecified atom stereocenters. The summed E-state index contributed by atoms with van der Waals surface area (Å²) in [4.78, 5) is 26.5. The zero-order valence-corrected chi connectivity index (χ0v) is 16.8. The first kappa shape index (κ1) is 20.0. The van der Waals surface area contributed by atoms with Crippen molar-refractivity contribution in [1.82, 2.24) is 14.9 Å². The van der Waals surface area contributed by atoms with Crippen molar-refractivity contribution in [2.75, 3.05) is 44.7 Å². The monoisotopic (exact) mass is 381 g/mol. The first-order chi connectivity index (χ1) is 13.5. The Morgan fingerprint density at radius 2 is 1.86 bits per heavy atom. The molecule has 2 heterocycles. The lowest BCUT2D eigenvalue weighted by molar-refractivity contribution is -0.145. The van der Waals surface area contributed by atoms with Gasteiger partial charge in [0.05, 0.1) is 23.7 Å². The first-order valence-corrected chi connectivity index (χ1v) is 9.80. The molecule has 0 aliphatic carbocycles. The maximum Gasteiger partial charge on any atom is 0.329 e. The van der Waals surface area contributed by atoms with Gasteiger partial charge in [-0.05, 0) is 25.1 Å². The number of nitrogens with zero attached hydrogens (tertiary/aromatic N) is 5. The average Bonchev–Trinajstić information content (AvgIpc) is 2.72. The molecule has 0 bridgehead atoms. The third-order valence-electron chi connectivity index (χ3n) is 5.23. The number of ether oxygens (including phenoxy) is 1. The topological polar surface area (TPSA) is 82.3 Å². The molecule has 0 saturated carbocycles. The highest BCUT2D eigenvalue weighted by Crippen LogP contribution is 2.28. The molecule has 148 valence electrons. The maximum absolute atomic E-state index is 12.7. The van der Waals surface area contributed by atoms with Gasteiger partial charge in [-0.3, -0.25) is 4.79 Å². The molecule has 2 atom stereocenters. The largest absolute Gasteiger partial charge is 0.464 e. The number of para-hydroxylation sites is 2. The number of hydrogen-bond donors (Lipinski definition) is 0. The highest BCUT2D eigenvalue weighted by molar-refractivity contribution is 5.85. The summed E-state index contributed by atoms with van der Waals surface area (Å²) in [6.45, 7) is 7.69. The van der Waals surface area contributed by atoms with Crippen LogP contribution in [0.5, 0.6) is 0 Å². The minimum atomic E-state index is -1.09. The van der Waals surface area contributed by atoms with E-state index in [1.807, 2.05) is 38.1 Å². The average molecular weight is 381 g/mol. The maximum atomic E-state index is 12.7. The summed E-state index contributed by atoms with van der Waals surface area (Å²) >= 11 is 0. The number of anilines is 1. The van der Waals surface area contributed by atoms with Gasteiger partial charge in [-0.15, -0.1) is 0 Å². The molecule has 28 heavy (non-hydrogen) atoms. The molecular formula is C21H27N5O2. The molecule has 1 aromatic heterocycles. The third kappa shape index (κ3) is 4.39. The molecule has 0 spiro atoms. The number of hydrogen-bond acceptors (Lipinski definition) is 7. The minimum absolute atomic E-state index is 0.253. The van der Waals surface area contributed by atoms with Gasteiger partial charge in [0.25, 0.3) is 0 Å². The lowest BCUT2D eigenvalue weighted by Crippen LogP contribution is -2.45. The van der Waals surface area contributed by atoms with E-state index >= 15 is 0 Å². The van der Waals surface area contributed by atoms with E-state index in [4.69, 9.17) is 9.72 Å². The lowest BCUT2D eigenvalue weighted by Gasteiger charge is -2.34. The fraction of sp³-hybridized carbons (Fsp3) is 0.524. The van der Waals surface area contributed by atoms with E-state index in [1.165, 1.54) is 0 Å². The minimum Gasteiger partial charge on any atom is -0.464 e. The molecule has 1 aliphatic rings. The second-order valence-electron chi connectivity index (χ2n) is 7.42. The number of likely N-dealkylation sites (N-methyl/N-ethyl adjacent to an activating group) is 1. The van der Waals surface area contributed by atoms with Crippen LogP contribution in [0.3, 0.4) is 0 Å². The number of carbonyl (C=O) groups is 1. The fourth-order valence-corrected chi connectivity index (χ4v) is 3.10.